The third-order valence-corrected chi connectivity index (χ3v) is 3.92. The highest BCUT2D eigenvalue weighted by Gasteiger charge is 2.24. The van der Waals surface area contributed by atoms with Crippen molar-refractivity contribution >= 4 is 23.2 Å². The molecule has 1 aliphatic rings. The van der Waals surface area contributed by atoms with E-state index in [0.717, 1.165) is 11.1 Å². The van der Waals surface area contributed by atoms with E-state index in [2.05, 4.69) is 5.32 Å². The number of hydrogen-bond acceptors (Lipinski definition) is 2. The van der Waals surface area contributed by atoms with Gasteiger partial charge in [-0.05, 0) is 36.2 Å². The first kappa shape index (κ1) is 14.0. The van der Waals surface area contributed by atoms with Crippen LogP contribution in [-0.4, -0.2) is 11.0 Å². The number of halogens is 2. The van der Waals surface area contributed by atoms with Crippen LogP contribution in [0.1, 0.15) is 28.4 Å². The quantitative estimate of drug-likeness (QED) is 0.894. The number of amides is 1. The predicted octanol–water partition coefficient (Wildman–Crippen LogP) is 3.36. The van der Waals surface area contributed by atoms with Crippen molar-refractivity contribution in [1.82, 2.24) is 0 Å². The normalized spacial score (nSPS) is 14.8. The highest BCUT2D eigenvalue weighted by Crippen LogP contribution is 2.35. The van der Waals surface area contributed by atoms with Crippen molar-refractivity contribution in [3.63, 3.8) is 0 Å². The third kappa shape index (κ3) is 2.52. The Morgan fingerprint density at radius 1 is 1.29 bits per heavy atom. The zero-order valence-electron chi connectivity index (χ0n) is 11.3. The zero-order chi connectivity index (χ0) is 15.1. The summed E-state index contributed by atoms with van der Waals surface area (Å²) in [6.45, 7) is 1.78. The standard InChI is InChI=1S/C16H13ClFNO2/c1-8-2-3-10(13(18)4-8)16(21)11-5-9-6-15(20)19-14(9)7-12(11)17/h2-5,7,16,21H,6H2,1H3,(H,19,20). The Labute approximate surface area is 126 Å². The second kappa shape index (κ2) is 5.13. The van der Waals surface area contributed by atoms with Crippen LogP contribution in [0.3, 0.4) is 0 Å². The number of aliphatic hydroxyl groups is 1. The second-order valence-corrected chi connectivity index (χ2v) is 5.59. The number of carbonyl (C=O) groups is 1. The van der Waals surface area contributed by atoms with Crippen molar-refractivity contribution in [1.29, 1.82) is 0 Å². The molecule has 3 rings (SSSR count). The Kier molecular flexibility index (Phi) is 3.43. The molecular weight excluding hydrogens is 293 g/mol. The molecule has 0 saturated heterocycles. The number of benzene rings is 2. The van der Waals surface area contributed by atoms with Gasteiger partial charge in [0, 0.05) is 21.8 Å². The van der Waals surface area contributed by atoms with Gasteiger partial charge in [-0.15, -0.1) is 0 Å². The number of aryl methyl sites for hydroxylation is 1. The van der Waals surface area contributed by atoms with Crippen LogP contribution in [0.15, 0.2) is 30.3 Å². The minimum absolute atomic E-state index is 0.116. The first-order valence-corrected chi connectivity index (χ1v) is 6.90. The molecule has 0 fully saturated rings. The first-order chi connectivity index (χ1) is 9.95. The van der Waals surface area contributed by atoms with Gasteiger partial charge in [-0.25, -0.2) is 4.39 Å². The van der Waals surface area contributed by atoms with Crippen LogP contribution in [0.4, 0.5) is 10.1 Å². The predicted molar refractivity (Wildman–Crippen MR) is 79.0 cm³/mol. The summed E-state index contributed by atoms with van der Waals surface area (Å²) in [5, 5.41) is 13.4. The largest absolute Gasteiger partial charge is 0.383 e. The molecule has 0 aromatic heterocycles. The lowest BCUT2D eigenvalue weighted by atomic mass is 9.97. The molecule has 1 atom stereocenters. The molecule has 0 bridgehead atoms. The van der Waals surface area contributed by atoms with Crippen molar-refractivity contribution in [2.45, 2.75) is 19.4 Å². The van der Waals surface area contributed by atoms with Gasteiger partial charge in [-0.2, -0.15) is 0 Å². The molecule has 0 aliphatic carbocycles. The maximum absolute atomic E-state index is 14.0. The fourth-order valence-electron chi connectivity index (χ4n) is 2.50. The Balaban J connectivity index is 2.04. The molecule has 0 saturated carbocycles. The van der Waals surface area contributed by atoms with Crippen molar-refractivity contribution in [3.8, 4) is 0 Å². The summed E-state index contributed by atoms with van der Waals surface area (Å²) in [6.07, 6.45) is -0.929. The van der Waals surface area contributed by atoms with Gasteiger partial charge in [0.1, 0.15) is 11.9 Å². The van der Waals surface area contributed by atoms with E-state index in [1.807, 2.05) is 0 Å². The third-order valence-electron chi connectivity index (χ3n) is 3.59. The van der Waals surface area contributed by atoms with Crippen molar-refractivity contribution < 1.29 is 14.3 Å². The van der Waals surface area contributed by atoms with Crippen molar-refractivity contribution in [2.24, 2.45) is 0 Å². The average Bonchev–Trinajstić information content (AvgIpc) is 2.76. The number of rotatable bonds is 2. The van der Waals surface area contributed by atoms with E-state index in [1.165, 1.54) is 6.07 Å². The van der Waals surface area contributed by atoms with Crippen LogP contribution < -0.4 is 5.32 Å². The monoisotopic (exact) mass is 305 g/mol. The van der Waals surface area contributed by atoms with Gasteiger partial charge in [-0.3, -0.25) is 4.79 Å². The zero-order valence-corrected chi connectivity index (χ0v) is 12.0. The smallest absolute Gasteiger partial charge is 0.228 e. The summed E-state index contributed by atoms with van der Waals surface area (Å²) in [5.41, 5.74) is 2.74. The Morgan fingerprint density at radius 2 is 2.05 bits per heavy atom. The Morgan fingerprint density at radius 3 is 2.76 bits per heavy atom. The number of anilines is 1. The Bertz CT molecular complexity index is 745. The summed E-state index contributed by atoms with van der Waals surface area (Å²) < 4.78 is 14.0. The Hall–Kier alpha value is -1.91. The fourth-order valence-corrected chi connectivity index (χ4v) is 2.77. The number of fused-ring (bicyclic) bond motifs is 1. The van der Waals surface area contributed by atoms with Crippen LogP contribution in [0.2, 0.25) is 5.02 Å². The topological polar surface area (TPSA) is 49.3 Å². The number of hydrogen-bond donors (Lipinski definition) is 2. The molecule has 0 radical (unpaired) electrons. The van der Waals surface area contributed by atoms with Crippen LogP contribution in [0.25, 0.3) is 0 Å². The van der Waals surface area contributed by atoms with E-state index in [0.29, 0.717) is 16.3 Å². The summed E-state index contributed by atoms with van der Waals surface area (Å²) in [4.78, 5) is 11.4. The molecule has 1 unspecified atom stereocenters. The van der Waals surface area contributed by atoms with E-state index in [-0.39, 0.29) is 17.9 Å². The molecule has 21 heavy (non-hydrogen) atoms. The van der Waals surface area contributed by atoms with Gasteiger partial charge in [0.25, 0.3) is 0 Å². The molecule has 0 spiro atoms. The van der Waals surface area contributed by atoms with Crippen LogP contribution >= 0.6 is 11.6 Å². The van der Waals surface area contributed by atoms with Gasteiger partial charge in [0.05, 0.1) is 6.42 Å². The minimum atomic E-state index is -1.17. The highest BCUT2D eigenvalue weighted by atomic mass is 35.5. The molecule has 2 aromatic carbocycles. The van der Waals surface area contributed by atoms with Crippen molar-refractivity contribution in [2.75, 3.05) is 5.32 Å². The summed E-state index contributed by atoms with van der Waals surface area (Å²) in [5.74, 6) is -0.595. The summed E-state index contributed by atoms with van der Waals surface area (Å²) in [6, 6.07) is 7.88. The summed E-state index contributed by atoms with van der Waals surface area (Å²) >= 11 is 6.15. The minimum Gasteiger partial charge on any atom is -0.383 e. The molecule has 3 nitrogen and oxygen atoms in total. The number of nitrogens with one attached hydrogen (secondary N) is 1. The molecule has 1 heterocycles. The average molecular weight is 306 g/mol. The summed E-state index contributed by atoms with van der Waals surface area (Å²) in [7, 11) is 0. The van der Waals surface area contributed by atoms with E-state index in [9.17, 15) is 14.3 Å². The molecule has 1 aliphatic heterocycles. The molecule has 1 amide bonds. The fraction of sp³-hybridized carbons (Fsp3) is 0.188. The molecular formula is C16H13ClFNO2. The molecule has 2 N–H and O–H groups in total. The molecule has 5 heteroatoms. The van der Waals surface area contributed by atoms with Crippen LogP contribution in [0.5, 0.6) is 0 Å². The van der Waals surface area contributed by atoms with Gasteiger partial charge < -0.3 is 10.4 Å². The molecule has 2 aromatic rings. The molecule has 108 valence electrons. The van der Waals surface area contributed by atoms with E-state index < -0.39 is 11.9 Å². The van der Waals surface area contributed by atoms with Gasteiger partial charge in [0.2, 0.25) is 5.91 Å². The lowest BCUT2D eigenvalue weighted by molar-refractivity contribution is -0.115. The van der Waals surface area contributed by atoms with Crippen LogP contribution in [-0.2, 0) is 11.2 Å². The van der Waals surface area contributed by atoms with Crippen LogP contribution in [0, 0.1) is 12.7 Å². The number of aliphatic hydroxyl groups excluding tert-OH is 1. The first-order valence-electron chi connectivity index (χ1n) is 6.52. The van der Waals surface area contributed by atoms with Gasteiger partial charge in [0.15, 0.2) is 0 Å². The van der Waals surface area contributed by atoms with Crippen molar-refractivity contribution in [3.05, 3.63) is 63.4 Å². The van der Waals surface area contributed by atoms with Gasteiger partial charge in [-0.1, -0.05) is 23.7 Å². The maximum Gasteiger partial charge on any atom is 0.228 e. The lowest BCUT2D eigenvalue weighted by Crippen LogP contribution is -2.04. The SMILES string of the molecule is Cc1ccc(C(O)c2cc3c(cc2Cl)NC(=O)C3)c(F)c1. The second-order valence-electron chi connectivity index (χ2n) is 5.18. The maximum atomic E-state index is 14.0. The van der Waals surface area contributed by atoms with Gasteiger partial charge >= 0.3 is 0 Å². The van der Waals surface area contributed by atoms with E-state index >= 15 is 0 Å². The van der Waals surface area contributed by atoms with E-state index in [1.54, 1.807) is 31.2 Å². The van der Waals surface area contributed by atoms with E-state index in [4.69, 9.17) is 11.6 Å². The highest BCUT2D eigenvalue weighted by molar-refractivity contribution is 6.32. The lowest BCUT2D eigenvalue weighted by Gasteiger charge is -2.15. The number of carbonyl (C=O) groups excluding carboxylic acids is 1.